The number of aromatic nitrogens is 3. The molecule has 8 nitrogen and oxygen atoms in total. The largest absolute Gasteiger partial charge is 0.489 e. The van der Waals surface area contributed by atoms with Crippen molar-refractivity contribution in [3.05, 3.63) is 35.9 Å². The van der Waals surface area contributed by atoms with Crippen molar-refractivity contribution in [2.45, 2.75) is 44.7 Å². The average Bonchev–Trinajstić information content (AvgIpc) is 3.10. The fourth-order valence-corrected chi connectivity index (χ4v) is 3.69. The number of carbonyl (C=O) groups excluding carboxylic acids is 2. The first-order valence-corrected chi connectivity index (χ1v) is 9.34. The van der Waals surface area contributed by atoms with Crippen molar-refractivity contribution in [2.75, 3.05) is 18.6 Å². The number of ether oxygens (including phenoxy) is 1. The summed E-state index contributed by atoms with van der Waals surface area (Å²) in [4.78, 5) is 31.3. The van der Waals surface area contributed by atoms with E-state index < -0.39 is 11.9 Å². The number of likely N-dealkylation sites (N-methyl/N-ethyl adjacent to an activating group) is 1. The van der Waals surface area contributed by atoms with Gasteiger partial charge in [0.05, 0.1) is 11.7 Å². The SMILES string of the molecule is CCC1CCCc2nc(C(=O)N[C@H]3COc4ccccc4N(C)C3=O)nn21. The third kappa shape index (κ3) is 3.15. The van der Waals surface area contributed by atoms with Crippen LogP contribution in [0.25, 0.3) is 0 Å². The fourth-order valence-electron chi connectivity index (χ4n) is 3.69. The summed E-state index contributed by atoms with van der Waals surface area (Å²) in [6, 6.07) is 6.80. The van der Waals surface area contributed by atoms with Gasteiger partial charge in [-0.1, -0.05) is 19.1 Å². The van der Waals surface area contributed by atoms with E-state index in [1.54, 1.807) is 13.1 Å². The van der Waals surface area contributed by atoms with E-state index in [4.69, 9.17) is 4.74 Å². The van der Waals surface area contributed by atoms with Crippen LogP contribution in [0.15, 0.2) is 24.3 Å². The molecule has 2 atom stereocenters. The van der Waals surface area contributed by atoms with Crippen molar-refractivity contribution in [3.8, 4) is 5.75 Å². The minimum Gasteiger partial charge on any atom is -0.489 e. The highest BCUT2D eigenvalue weighted by atomic mass is 16.5. The van der Waals surface area contributed by atoms with Gasteiger partial charge in [0.15, 0.2) is 0 Å². The molecule has 0 aliphatic carbocycles. The van der Waals surface area contributed by atoms with E-state index in [2.05, 4.69) is 22.3 Å². The van der Waals surface area contributed by atoms with Gasteiger partial charge in [0.2, 0.25) is 5.82 Å². The van der Waals surface area contributed by atoms with Crippen LogP contribution in [0.4, 0.5) is 5.69 Å². The molecule has 8 heteroatoms. The number of anilines is 1. The summed E-state index contributed by atoms with van der Waals surface area (Å²) in [5.74, 6) is 0.886. The smallest absolute Gasteiger partial charge is 0.291 e. The standard InChI is InChI=1S/C19H23N5O3/c1-3-12-7-6-10-16-21-17(22-24(12)16)18(25)20-13-11-27-15-9-5-4-8-14(15)23(2)19(13)26/h4-5,8-9,12-13H,3,6-7,10-11H2,1-2H3,(H,20,25)/t12?,13-/m0/s1. The second kappa shape index (κ2) is 7.02. The van der Waals surface area contributed by atoms with E-state index in [1.807, 2.05) is 22.9 Å². The molecule has 2 aliphatic rings. The Balaban J connectivity index is 1.52. The number of carbonyl (C=O) groups is 2. The van der Waals surface area contributed by atoms with Crippen LogP contribution in [0.2, 0.25) is 0 Å². The molecule has 1 aromatic carbocycles. The van der Waals surface area contributed by atoms with Crippen LogP contribution in [0.1, 0.15) is 48.7 Å². The summed E-state index contributed by atoms with van der Waals surface area (Å²) in [6.45, 7) is 2.17. The van der Waals surface area contributed by atoms with Gasteiger partial charge >= 0.3 is 0 Å². The fraction of sp³-hybridized carbons (Fsp3) is 0.474. The van der Waals surface area contributed by atoms with Gasteiger partial charge in [-0.05, 0) is 31.4 Å². The summed E-state index contributed by atoms with van der Waals surface area (Å²) >= 11 is 0. The van der Waals surface area contributed by atoms with E-state index in [-0.39, 0.29) is 24.4 Å². The molecule has 2 amide bonds. The summed E-state index contributed by atoms with van der Waals surface area (Å²) in [7, 11) is 1.68. The zero-order valence-corrected chi connectivity index (χ0v) is 15.5. The maximum Gasteiger partial charge on any atom is 0.291 e. The first-order valence-electron chi connectivity index (χ1n) is 9.34. The third-order valence-electron chi connectivity index (χ3n) is 5.23. The number of hydrogen-bond donors (Lipinski definition) is 1. The number of para-hydroxylation sites is 2. The van der Waals surface area contributed by atoms with Crippen molar-refractivity contribution < 1.29 is 14.3 Å². The first-order chi connectivity index (χ1) is 13.1. The number of benzene rings is 1. The molecule has 2 aliphatic heterocycles. The van der Waals surface area contributed by atoms with Gasteiger partial charge in [0, 0.05) is 13.5 Å². The quantitative estimate of drug-likeness (QED) is 0.890. The van der Waals surface area contributed by atoms with Crippen molar-refractivity contribution in [2.24, 2.45) is 0 Å². The summed E-state index contributed by atoms with van der Waals surface area (Å²) < 4.78 is 7.60. The van der Waals surface area contributed by atoms with E-state index in [0.717, 1.165) is 31.5 Å². The molecule has 0 saturated carbocycles. The Morgan fingerprint density at radius 1 is 1.37 bits per heavy atom. The molecule has 1 N–H and O–H groups in total. The Bertz CT molecular complexity index is 878. The van der Waals surface area contributed by atoms with Crippen LogP contribution < -0.4 is 15.0 Å². The van der Waals surface area contributed by atoms with Crippen LogP contribution in [-0.4, -0.2) is 46.3 Å². The van der Waals surface area contributed by atoms with Gasteiger partial charge < -0.3 is 15.0 Å². The minimum absolute atomic E-state index is 0.0665. The number of nitrogens with one attached hydrogen (secondary N) is 1. The number of nitrogens with zero attached hydrogens (tertiary/aromatic N) is 4. The lowest BCUT2D eigenvalue weighted by molar-refractivity contribution is -0.120. The van der Waals surface area contributed by atoms with Gasteiger partial charge in [-0.2, -0.15) is 0 Å². The Hall–Kier alpha value is -2.90. The lowest BCUT2D eigenvalue weighted by Crippen LogP contribution is -2.49. The maximum atomic E-state index is 12.8. The second-order valence-corrected chi connectivity index (χ2v) is 6.95. The topological polar surface area (TPSA) is 89.3 Å². The molecule has 0 radical (unpaired) electrons. The Morgan fingerprint density at radius 3 is 3.00 bits per heavy atom. The van der Waals surface area contributed by atoms with Crippen LogP contribution in [0, 0.1) is 0 Å². The van der Waals surface area contributed by atoms with Crippen LogP contribution in [0.3, 0.4) is 0 Å². The van der Waals surface area contributed by atoms with Crippen LogP contribution in [0.5, 0.6) is 5.75 Å². The number of amides is 2. The van der Waals surface area contributed by atoms with E-state index >= 15 is 0 Å². The Morgan fingerprint density at radius 2 is 2.19 bits per heavy atom. The van der Waals surface area contributed by atoms with Gasteiger partial charge in [-0.25, -0.2) is 9.67 Å². The summed E-state index contributed by atoms with van der Waals surface area (Å²) in [6.07, 6.45) is 3.87. The Labute approximate surface area is 157 Å². The Kier molecular flexibility index (Phi) is 4.55. The normalized spacial score (nSPS) is 21.7. The van der Waals surface area contributed by atoms with E-state index in [0.29, 0.717) is 11.4 Å². The minimum atomic E-state index is -0.794. The summed E-state index contributed by atoms with van der Waals surface area (Å²) in [5.41, 5.74) is 0.681. The number of aryl methyl sites for hydroxylation is 1. The molecular formula is C19H23N5O3. The molecule has 1 unspecified atom stereocenters. The highest BCUT2D eigenvalue weighted by molar-refractivity contribution is 6.02. The lowest BCUT2D eigenvalue weighted by Gasteiger charge is -2.21. The molecule has 3 heterocycles. The average molecular weight is 369 g/mol. The first kappa shape index (κ1) is 17.5. The van der Waals surface area contributed by atoms with Gasteiger partial charge in [-0.15, -0.1) is 5.10 Å². The molecular weight excluding hydrogens is 346 g/mol. The zero-order valence-electron chi connectivity index (χ0n) is 15.5. The molecule has 142 valence electrons. The molecule has 0 spiro atoms. The zero-order chi connectivity index (χ0) is 19.0. The van der Waals surface area contributed by atoms with Crippen molar-refractivity contribution in [1.29, 1.82) is 0 Å². The monoisotopic (exact) mass is 369 g/mol. The van der Waals surface area contributed by atoms with E-state index in [1.165, 1.54) is 4.90 Å². The van der Waals surface area contributed by atoms with Gasteiger partial charge in [0.1, 0.15) is 24.2 Å². The van der Waals surface area contributed by atoms with Gasteiger partial charge in [0.25, 0.3) is 11.8 Å². The van der Waals surface area contributed by atoms with Crippen LogP contribution in [-0.2, 0) is 11.2 Å². The van der Waals surface area contributed by atoms with E-state index in [9.17, 15) is 9.59 Å². The predicted octanol–water partition coefficient (Wildman–Crippen LogP) is 1.72. The molecule has 0 bridgehead atoms. The third-order valence-corrected chi connectivity index (χ3v) is 5.23. The van der Waals surface area contributed by atoms with Crippen LogP contribution >= 0.6 is 0 Å². The molecule has 2 aromatic rings. The number of fused-ring (bicyclic) bond motifs is 2. The molecule has 0 fully saturated rings. The lowest BCUT2D eigenvalue weighted by atomic mass is 10.0. The highest BCUT2D eigenvalue weighted by Crippen LogP contribution is 2.30. The van der Waals surface area contributed by atoms with Gasteiger partial charge in [-0.3, -0.25) is 9.59 Å². The maximum absolute atomic E-state index is 12.8. The van der Waals surface area contributed by atoms with Crippen molar-refractivity contribution in [3.63, 3.8) is 0 Å². The second-order valence-electron chi connectivity index (χ2n) is 6.95. The molecule has 1 aromatic heterocycles. The molecule has 0 saturated heterocycles. The number of hydrogen-bond acceptors (Lipinski definition) is 5. The predicted molar refractivity (Wildman–Crippen MR) is 98.9 cm³/mol. The molecule has 4 rings (SSSR count). The molecule has 27 heavy (non-hydrogen) atoms. The van der Waals surface area contributed by atoms with Crippen molar-refractivity contribution >= 4 is 17.5 Å². The number of rotatable bonds is 3. The van der Waals surface area contributed by atoms with Crippen molar-refractivity contribution in [1.82, 2.24) is 20.1 Å². The summed E-state index contributed by atoms with van der Waals surface area (Å²) in [5, 5.41) is 7.14. The highest BCUT2D eigenvalue weighted by Gasteiger charge is 2.32.